The Morgan fingerprint density at radius 1 is 0.889 bits per heavy atom. The highest BCUT2D eigenvalue weighted by molar-refractivity contribution is 4.97. The Morgan fingerprint density at radius 2 is 1.33 bits per heavy atom. The lowest BCUT2D eigenvalue weighted by molar-refractivity contribution is -0.201. The summed E-state index contributed by atoms with van der Waals surface area (Å²) in [5.74, 6) is -0.556. The molecule has 0 saturated heterocycles. The molecule has 9 heavy (non-hydrogen) atoms. The first-order valence-corrected chi connectivity index (χ1v) is 2.83. The first-order valence-electron chi connectivity index (χ1n) is 2.83. The molecule has 1 rings (SSSR count). The number of aliphatic hydroxyl groups excluding tert-OH is 4. The van der Waals surface area contributed by atoms with Gasteiger partial charge in [0.1, 0.15) is 6.10 Å². The fourth-order valence-electron chi connectivity index (χ4n) is 0.981. The molecule has 4 N–H and O–H groups in total. The van der Waals surface area contributed by atoms with E-state index in [-0.39, 0.29) is 6.61 Å². The van der Waals surface area contributed by atoms with Gasteiger partial charge in [-0.05, 0) is 0 Å². The van der Waals surface area contributed by atoms with Crippen LogP contribution in [0.3, 0.4) is 0 Å². The maximum absolute atomic E-state index is 8.78. The van der Waals surface area contributed by atoms with Crippen LogP contribution in [0.1, 0.15) is 0 Å². The van der Waals surface area contributed by atoms with E-state index in [0.29, 0.717) is 0 Å². The van der Waals surface area contributed by atoms with Gasteiger partial charge in [0.05, 0.1) is 18.8 Å². The second-order valence-corrected chi connectivity index (χ2v) is 2.32. The molecule has 0 bridgehead atoms. The van der Waals surface area contributed by atoms with Gasteiger partial charge in [0, 0.05) is 5.92 Å². The average Bonchev–Trinajstić information content (AvgIpc) is 1.89. The summed E-state index contributed by atoms with van der Waals surface area (Å²) in [7, 11) is 0. The van der Waals surface area contributed by atoms with Crippen LogP contribution in [0.2, 0.25) is 0 Å². The molecule has 0 aromatic heterocycles. The maximum Gasteiger partial charge on any atom is 0.107 e. The standard InChI is InChI=1S/C5H10O4/c6-1-2-3(7)5(9)4(2)8/h2-9H,1H2/t2?,3-,4-,5?/m0/s1. The van der Waals surface area contributed by atoms with Crippen molar-refractivity contribution in [1.29, 1.82) is 0 Å². The lowest BCUT2D eigenvalue weighted by Gasteiger charge is -2.41. The molecule has 0 spiro atoms. The molecular formula is C5H10O4. The summed E-state index contributed by atoms with van der Waals surface area (Å²) in [6.45, 7) is -0.278. The van der Waals surface area contributed by atoms with Gasteiger partial charge in [-0.25, -0.2) is 0 Å². The van der Waals surface area contributed by atoms with Crippen molar-refractivity contribution in [3.05, 3.63) is 0 Å². The second-order valence-electron chi connectivity index (χ2n) is 2.32. The Hall–Kier alpha value is -0.160. The minimum Gasteiger partial charge on any atom is -0.396 e. The quantitative estimate of drug-likeness (QED) is 0.325. The molecule has 1 aliphatic rings. The zero-order chi connectivity index (χ0) is 7.02. The molecule has 1 saturated carbocycles. The Kier molecular flexibility index (Phi) is 1.72. The van der Waals surface area contributed by atoms with Crippen molar-refractivity contribution in [3.8, 4) is 0 Å². The van der Waals surface area contributed by atoms with Crippen LogP contribution in [-0.4, -0.2) is 45.3 Å². The monoisotopic (exact) mass is 134 g/mol. The molecule has 0 aromatic carbocycles. The van der Waals surface area contributed by atoms with Crippen LogP contribution in [0, 0.1) is 5.92 Å². The van der Waals surface area contributed by atoms with Crippen molar-refractivity contribution in [2.24, 2.45) is 5.92 Å². The van der Waals surface area contributed by atoms with Crippen molar-refractivity contribution >= 4 is 0 Å². The van der Waals surface area contributed by atoms with E-state index in [1.807, 2.05) is 0 Å². The van der Waals surface area contributed by atoms with E-state index in [1.54, 1.807) is 0 Å². The van der Waals surface area contributed by atoms with Crippen molar-refractivity contribution < 1.29 is 20.4 Å². The topological polar surface area (TPSA) is 80.9 Å². The van der Waals surface area contributed by atoms with Crippen molar-refractivity contribution in [3.63, 3.8) is 0 Å². The van der Waals surface area contributed by atoms with Crippen molar-refractivity contribution in [1.82, 2.24) is 0 Å². The average molecular weight is 134 g/mol. The Labute approximate surface area is 52.4 Å². The number of hydrogen-bond donors (Lipinski definition) is 4. The Balaban J connectivity index is 2.41. The molecule has 0 aliphatic heterocycles. The molecule has 54 valence electrons. The fourth-order valence-corrected chi connectivity index (χ4v) is 0.981. The zero-order valence-electron chi connectivity index (χ0n) is 4.81. The largest absolute Gasteiger partial charge is 0.396 e. The van der Waals surface area contributed by atoms with Gasteiger partial charge in [-0.15, -0.1) is 0 Å². The van der Waals surface area contributed by atoms with E-state index in [1.165, 1.54) is 0 Å². The summed E-state index contributed by atoms with van der Waals surface area (Å²) in [6, 6.07) is 0. The van der Waals surface area contributed by atoms with Gasteiger partial charge < -0.3 is 20.4 Å². The van der Waals surface area contributed by atoms with E-state index in [4.69, 9.17) is 20.4 Å². The molecular weight excluding hydrogens is 124 g/mol. The van der Waals surface area contributed by atoms with Gasteiger partial charge >= 0.3 is 0 Å². The summed E-state index contributed by atoms with van der Waals surface area (Å²) < 4.78 is 0. The summed E-state index contributed by atoms with van der Waals surface area (Å²) >= 11 is 0. The van der Waals surface area contributed by atoms with Crippen LogP contribution < -0.4 is 0 Å². The van der Waals surface area contributed by atoms with Gasteiger partial charge in [-0.2, -0.15) is 0 Å². The molecule has 0 unspecified atom stereocenters. The predicted octanol–water partition coefficient (Wildman–Crippen LogP) is -2.31. The van der Waals surface area contributed by atoms with E-state index in [9.17, 15) is 0 Å². The fraction of sp³-hybridized carbons (Fsp3) is 1.00. The zero-order valence-corrected chi connectivity index (χ0v) is 4.81. The Morgan fingerprint density at radius 3 is 1.56 bits per heavy atom. The number of rotatable bonds is 1. The highest BCUT2D eigenvalue weighted by atomic mass is 16.4. The van der Waals surface area contributed by atoms with Gasteiger partial charge in [0.2, 0.25) is 0 Å². The second kappa shape index (κ2) is 2.22. The minimum atomic E-state index is -1.07. The van der Waals surface area contributed by atoms with Crippen LogP contribution in [-0.2, 0) is 0 Å². The van der Waals surface area contributed by atoms with Crippen LogP contribution in [0.15, 0.2) is 0 Å². The minimum absolute atomic E-state index is 0.278. The maximum atomic E-state index is 8.78. The molecule has 2 atom stereocenters. The van der Waals surface area contributed by atoms with Gasteiger partial charge in [-0.3, -0.25) is 0 Å². The van der Waals surface area contributed by atoms with Crippen LogP contribution in [0.25, 0.3) is 0 Å². The normalized spacial score (nSPS) is 50.7. The SMILES string of the molecule is OCC1[C@H](O)C(O)[C@H]1O. The summed E-state index contributed by atoms with van der Waals surface area (Å²) in [5.41, 5.74) is 0. The molecule has 0 aromatic rings. The third kappa shape index (κ3) is 0.840. The van der Waals surface area contributed by atoms with Crippen LogP contribution >= 0.6 is 0 Å². The predicted molar refractivity (Wildman–Crippen MR) is 28.6 cm³/mol. The molecule has 1 aliphatic carbocycles. The van der Waals surface area contributed by atoms with Crippen molar-refractivity contribution in [2.75, 3.05) is 6.61 Å². The third-order valence-corrected chi connectivity index (χ3v) is 1.79. The molecule has 4 heteroatoms. The van der Waals surface area contributed by atoms with Gasteiger partial charge in [0.25, 0.3) is 0 Å². The summed E-state index contributed by atoms with van der Waals surface area (Å²) in [4.78, 5) is 0. The first-order chi connectivity index (χ1) is 4.18. The van der Waals surface area contributed by atoms with E-state index < -0.39 is 24.2 Å². The molecule has 1 fully saturated rings. The summed E-state index contributed by atoms with van der Waals surface area (Å²) in [5, 5.41) is 34.6. The van der Waals surface area contributed by atoms with E-state index in [2.05, 4.69) is 0 Å². The van der Waals surface area contributed by atoms with Crippen molar-refractivity contribution in [2.45, 2.75) is 18.3 Å². The number of aliphatic hydroxyl groups is 4. The lowest BCUT2D eigenvalue weighted by Crippen LogP contribution is -2.60. The highest BCUT2D eigenvalue weighted by Gasteiger charge is 2.47. The lowest BCUT2D eigenvalue weighted by atomic mass is 9.76. The highest BCUT2D eigenvalue weighted by Crippen LogP contribution is 2.27. The summed E-state index contributed by atoms with van der Waals surface area (Å²) in [6.07, 6.45) is -2.97. The third-order valence-electron chi connectivity index (χ3n) is 1.79. The van der Waals surface area contributed by atoms with Crippen LogP contribution in [0.5, 0.6) is 0 Å². The first kappa shape index (κ1) is 6.95. The van der Waals surface area contributed by atoms with E-state index in [0.717, 1.165) is 0 Å². The van der Waals surface area contributed by atoms with Crippen LogP contribution in [0.4, 0.5) is 0 Å². The molecule has 0 amide bonds. The molecule has 4 nitrogen and oxygen atoms in total. The van der Waals surface area contributed by atoms with Gasteiger partial charge in [0.15, 0.2) is 0 Å². The molecule has 0 heterocycles. The smallest absolute Gasteiger partial charge is 0.107 e. The van der Waals surface area contributed by atoms with E-state index >= 15 is 0 Å². The molecule has 0 radical (unpaired) electrons. The van der Waals surface area contributed by atoms with Gasteiger partial charge in [-0.1, -0.05) is 0 Å². The Bertz CT molecular complexity index is 95.1. The number of hydrogen-bond acceptors (Lipinski definition) is 4.